The molecule has 0 aromatic rings. The second-order valence-electron chi connectivity index (χ2n) is 6.17. The van der Waals surface area contributed by atoms with E-state index in [1.54, 1.807) is 0 Å². The topological polar surface area (TPSA) is 32.3 Å². The van der Waals surface area contributed by atoms with E-state index < -0.39 is 5.60 Å². The lowest BCUT2D eigenvalue weighted by Crippen LogP contribution is -2.44. The van der Waals surface area contributed by atoms with E-state index in [4.69, 9.17) is 0 Å². The Kier molecular flexibility index (Phi) is 4.19. The lowest BCUT2D eigenvalue weighted by Gasteiger charge is -2.36. The van der Waals surface area contributed by atoms with Crippen LogP contribution >= 0.6 is 0 Å². The van der Waals surface area contributed by atoms with Crippen LogP contribution in [-0.2, 0) is 0 Å². The highest BCUT2D eigenvalue weighted by Gasteiger charge is 2.27. The van der Waals surface area contributed by atoms with Gasteiger partial charge in [-0.2, -0.15) is 0 Å². The molecule has 0 spiro atoms. The molecule has 90 valence electrons. The second kappa shape index (κ2) is 4.84. The molecule has 0 aromatic carbocycles. The van der Waals surface area contributed by atoms with Crippen molar-refractivity contribution in [2.75, 3.05) is 6.54 Å². The third kappa shape index (κ3) is 4.52. The minimum Gasteiger partial charge on any atom is -0.389 e. The van der Waals surface area contributed by atoms with Gasteiger partial charge in [0, 0.05) is 12.6 Å². The summed E-state index contributed by atoms with van der Waals surface area (Å²) in [4.78, 5) is 0. The van der Waals surface area contributed by atoms with E-state index in [-0.39, 0.29) is 0 Å². The Hall–Kier alpha value is -0.0800. The zero-order valence-corrected chi connectivity index (χ0v) is 10.8. The molecule has 2 N–H and O–H groups in total. The minimum atomic E-state index is -0.535. The Morgan fingerprint density at radius 1 is 1.33 bits per heavy atom. The highest BCUT2D eigenvalue weighted by Crippen LogP contribution is 2.35. The monoisotopic (exact) mass is 213 g/mol. The van der Waals surface area contributed by atoms with Gasteiger partial charge in [-0.1, -0.05) is 20.8 Å². The summed E-state index contributed by atoms with van der Waals surface area (Å²) in [6, 6.07) is 0.621. The fourth-order valence-corrected chi connectivity index (χ4v) is 2.09. The Morgan fingerprint density at radius 3 is 2.33 bits per heavy atom. The first-order chi connectivity index (χ1) is 6.85. The molecule has 0 aromatic heterocycles. The molecular formula is C13H27NO. The van der Waals surface area contributed by atoms with E-state index in [2.05, 4.69) is 19.2 Å². The van der Waals surface area contributed by atoms with Crippen molar-refractivity contribution < 1.29 is 5.11 Å². The van der Waals surface area contributed by atoms with E-state index in [0.29, 0.717) is 11.5 Å². The number of aliphatic hydroxyl groups is 1. The van der Waals surface area contributed by atoms with Crippen LogP contribution in [0.5, 0.6) is 0 Å². The third-order valence-corrected chi connectivity index (χ3v) is 3.87. The predicted octanol–water partition coefficient (Wildman–Crippen LogP) is 2.71. The van der Waals surface area contributed by atoms with Gasteiger partial charge in [0.25, 0.3) is 0 Å². The SMILES string of the molecule is CCC(C)(O)CNC1CCC(C)(C)CC1. The normalized spacial score (nSPS) is 26.2. The zero-order valence-electron chi connectivity index (χ0n) is 10.8. The molecule has 1 rings (SSSR count). The van der Waals surface area contributed by atoms with Crippen LogP contribution in [0.2, 0.25) is 0 Å². The van der Waals surface area contributed by atoms with Gasteiger partial charge >= 0.3 is 0 Å². The summed E-state index contributed by atoms with van der Waals surface area (Å²) in [5.41, 5.74) is -0.00157. The molecule has 0 bridgehead atoms. The van der Waals surface area contributed by atoms with Crippen LogP contribution in [0.4, 0.5) is 0 Å². The highest BCUT2D eigenvalue weighted by atomic mass is 16.3. The standard InChI is InChI=1S/C13H27NO/c1-5-13(4,15)10-14-11-6-8-12(2,3)9-7-11/h11,14-15H,5-10H2,1-4H3. The summed E-state index contributed by atoms with van der Waals surface area (Å²) in [6.07, 6.45) is 5.94. The summed E-state index contributed by atoms with van der Waals surface area (Å²) in [7, 11) is 0. The van der Waals surface area contributed by atoms with Crippen molar-refractivity contribution in [1.82, 2.24) is 5.32 Å². The molecule has 0 amide bonds. The molecule has 1 aliphatic carbocycles. The van der Waals surface area contributed by atoms with Gasteiger partial charge in [0.05, 0.1) is 5.60 Å². The fraction of sp³-hybridized carbons (Fsp3) is 1.00. The van der Waals surface area contributed by atoms with Gasteiger partial charge in [0.2, 0.25) is 0 Å². The maximum atomic E-state index is 9.89. The van der Waals surface area contributed by atoms with Crippen LogP contribution in [0.1, 0.15) is 59.8 Å². The van der Waals surface area contributed by atoms with Gasteiger partial charge in [0.15, 0.2) is 0 Å². The number of hydrogen-bond acceptors (Lipinski definition) is 2. The van der Waals surface area contributed by atoms with Gasteiger partial charge < -0.3 is 10.4 Å². The lowest BCUT2D eigenvalue weighted by atomic mass is 9.75. The average Bonchev–Trinajstić information content (AvgIpc) is 2.16. The van der Waals surface area contributed by atoms with Crippen molar-refractivity contribution in [2.45, 2.75) is 71.4 Å². The van der Waals surface area contributed by atoms with Crippen LogP contribution < -0.4 is 5.32 Å². The van der Waals surface area contributed by atoms with Gasteiger partial charge in [-0.15, -0.1) is 0 Å². The molecular weight excluding hydrogens is 186 g/mol. The molecule has 0 saturated heterocycles. The number of nitrogens with one attached hydrogen (secondary N) is 1. The van der Waals surface area contributed by atoms with Crippen molar-refractivity contribution in [3.05, 3.63) is 0 Å². The lowest BCUT2D eigenvalue weighted by molar-refractivity contribution is 0.0492. The second-order valence-corrected chi connectivity index (χ2v) is 6.17. The molecule has 1 fully saturated rings. The van der Waals surface area contributed by atoms with Crippen molar-refractivity contribution in [1.29, 1.82) is 0 Å². The largest absolute Gasteiger partial charge is 0.389 e. The maximum Gasteiger partial charge on any atom is 0.0741 e. The van der Waals surface area contributed by atoms with Gasteiger partial charge in [-0.05, 0) is 44.4 Å². The van der Waals surface area contributed by atoms with E-state index in [1.165, 1.54) is 25.7 Å². The Labute approximate surface area is 94.5 Å². The van der Waals surface area contributed by atoms with Crippen molar-refractivity contribution in [2.24, 2.45) is 5.41 Å². The smallest absolute Gasteiger partial charge is 0.0741 e. The summed E-state index contributed by atoms with van der Waals surface area (Å²) in [5, 5.41) is 13.4. The summed E-state index contributed by atoms with van der Waals surface area (Å²) >= 11 is 0. The summed E-state index contributed by atoms with van der Waals surface area (Å²) < 4.78 is 0. The van der Waals surface area contributed by atoms with Crippen molar-refractivity contribution in [3.63, 3.8) is 0 Å². The first-order valence-corrected chi connectivity index (χ1v) is 6.30. The summed E-state index contributed by atoms with van der Waals surface area (Å²) in [5.74, 6) is 0. The quantitative estimate of drug-likeness (QED) is 0.752. The Morgan fingerprint density at radius 2 is 1.87 bits per heavy atom. The van der Waals surface area contributed by atoms with Crippen LogP contribution in [0, 0.1) is 5.41 Å². The van der Waals surface area contributed by atoms with Gasteiger partial charge in [-0.25, -0.2) is 0 Å². The van der Waals surface area contributed by atoms with Gasteiger partial charge in [0.1, 0.15) is 0 Å². The molecule has 0 aliphatic heterocycles. The molecule has 0 radical (unpaired) electrons. The van der Waals surface area contributed by atoms with Crippen LogP contribution in [0.3, 0.4) is 0 Å². The first kappa shape index (κ1) is 13.0. The van der Waals surface area contributed by atoms with Crippen LogP contribution in [-0.4, -0.2) is 23.3 Å². The Balaban J connectivity index is 2.25. The maximum absolute atomic E-state index is 9.89. The molecule has 15 heavy (non-hydrogen) atoms. The van der Waals surface area contributed by atoms with Crippen molar-refractivity contribution in [3.8, 4) is 0 Å². The average molecular weight is 213 g/mol. The molecule has 1 atom stereocenters. The molecule has 2 heteroatoms. The van der Waals surface area contributed by atoms with E-state index in [9.17, 15) is 5.11 Å². The molecule has 1 saturated carbocycles. The van der Waals surface area contributed by atoms with Gasteiger partial charge in [-0.3, -0.25) is 0 Å². The third-order valence-electron chi connectivity index (χ3n) is 3.87. The minimum absolute atomic E-state index is 0.533. The predicted molar refractivity (Wildman–Crippen MR) is 65.0 cm³/mol. The van der Waals surface area contributed by atoms with Crippen LogP contribution in [0.25, 0.3) is 0 Å². The first-order valence-electron chi connectivity index (χ1n) is 6.30. The number of rotatable bonds is 4. The molecule has 1 aliphatic rings. The van der Waals surface area contributed by atoms with E-state index in [0.717, 1.165) is 13.0 Å². The van der Waals surface area contributed by atoms with Crippen LogP contribution in [0.15, 0.2) is 0 Å². The fourth-order valence-electron chi connectivity index (χ4n) is 2.09. The van der Waals surface area contributed by atoms with Crippen molar-refractivity contribution >= 4 is 0 Å². The molecule has 0 heterocycles. The Bertz CT molecular complexity index is 189. The molecule has 2 nitrogen and oxygen atoms in total. The highest BCUT2D eigenvalue weighted by molar-refractivity contribution is 4.84. The van der Waals surface area contributed by atoms with E-state index >= 15 is 0 Å². The number of hydrogen-bond donors (Lipinski definition) is 2. The summed E-state index contributed by atoms with van der Waals surface area (Å²) in [6.45, 7) is 9.38. The molecule has 1 unspecified atom stereocenters. The van der Waals surface area contributed by atoms with E-state index in [1.807, 2.05) is 13.8 Å². The zero-order chi connectivity index (χ0) is 11.5.